The third-order valence-electron chi connectivity index (χ3n) is 4.07. The topological polar surface area (TPSA) is 87.7 Å². The molecule has 0 spiro atoms. The van der Waals surface area contributed by atoms with Crippen molar-refractivity contribution in [1.82, 2.24) is 5.32 Å². The van der Waals surface area contributed by atoms with Gasteiger partial charge in [-0.25, -0.2) is 0 Å². The highest BCUT2D eigenvalue weighted by Crippen LogP contribution is 2.38. The molecule has 2 rings (SSSR count). The number of rotatable bonds is 4. The molecule has 1 aliphatic rings. The molecule has 1 aliphatic carbocycles. The number of nitrogens with two attached hydrogens (primary N) is 1. The molecule has 1 aromatic rings. The average Bonchev–Trinajstić information content (AvgIpc) is 2.93. The third-order valence-corrected chi connectivity index (χ3v) is 4.07. The number of carbonyl (C=O) groups excluding carboxylic acids is 1. The predicted octanol–water partition coefficient (Wildman–Crippen LogP) is 2.17. The quantitative estimate of drug-likeness (QED) is 0.340. The van der Waals surface area contributed by atoms with Crippen LogP contribution in [0.15, 0.2) is 35.5 Å². The SMILES string of the molecule is CC1(C(=O)NC(/C(N)=N/O)c2ccccc2)CCCC1. The van der Waals surface area contributed by atoms with E-state index in [1.807, 2.05) is 37.3 Å². The second-order valence-electron chi connectivity index (χ2n) is 5.61. The van der Waals surface area contributed by atoms with Crippen LogP contribution in [0.2, 0.25) is 0 Å². The summed E-state index contributed by atoms with van der Waals surface area (Å²) in [7, 11) is 0. The number of benzene rings is 1. The van der Waals surface area contributed by atoms with Gasteiger partial charge in [-0.15, -0.1) is 0 Å². The van der Waals surface area contributed by atoms with Crippen molar-refractivity contribution in [3.05, 3.63) is 35.9 Å². The highest BCUT2D eigenvalue weighted by atomic mass is 16.4. The molecule has 1 aromatic carbocycles. The van der Waals surface area contributed by atoms with Crippen LogP contribution in [0.1, 0.15) is 44.2 Å². The van der Waals surface area contributed by atoms with Gasteiger partial charge in [0.2, 0.25) is 5.91 Å². The Morgan fingerprint density at radius 1 is 1.35 bits per heavy atom. The fraction of sp³-hybridized carbons (Fsp3) is 0.467. The monoisotopic (exact) mass is 275 g/mol. The van der Waals surface area contributed by atoms with Gasteiger partial charge in [0, 0.05) is 5.41 Å². The van der Waals surface area contributed by atoms with E-state index in [0.717, 1.165) is 31.2 Å². The van der Waals surface area contributed by atoms with Gasteiger partial charge in [0.25, 0.3) is 0 Å². The lowest BCUT2D eigenvalue weighted by atomic mass is 9.87. The summed E-state index contributed by atoms with van der Waals surface area (Å²) in [5.41, 5.74) is 6.18. The number of amidine groups is 1. The molecule has 1 amide bonds. The summed E-state index contributed by atoms with van der Waals surface area (Å²) in [6.45, 7) is 1.98. The van der Waals surface area contributed by atoms with E-state index >= 15 is 0 Å². The van der Waals surface area contributed by atoms with E-state index in [9.17, 15) is 4.79 Å². The number of nitrogens with one attached hydrogen (secondary N) is 1. The minimum atomic E-state index is -0.592. The lowest BCUT2D eigenvalue weighted by Gasteiger charge is -2.26. The summed E-state index contributed by atoms with van der Waals surface area (Å²) < 4.78 is 0. The molecule has 0 aromatic heterocycles. The number of carbonyl (C=O) groups is 1. The summed E-state index contributed by atoms with van der Waals surface area (Å²) in [4.78, 5) is 12.5. The molecule has 1 saturated carbocycles. The Kier molecular flexibility index (Phi) is 4.27. The van der Waals surface area contributed by atoms with Crippen LogP contribution in [0, 0.1) is 5.41 Å². The number of oxime groups is 1. The van der Waals surface area contributed by atoms with Crippen molar-refractivity contribution in [1.29, 1.82) is 0 Å². The Balaban J connectivity index is 2.19. The van der Waals surface area contributed by atoms with Crippen LogP contribution in [-0.4, -0.2) is 17.0 Å². The number of amides is 1. The van der Waals surface area contributed by atoms with Crippen LogP contribution in [0.5, 0.6) is 0 Å². The van der Waals surface area contributed by atoms with Crippen molar-refractivity contribution in [2.75, 3.05) is 0 Å². The van der Waals surface area contributed by atoms with Gasteiger partial charge in [0.15, 0.2) is 5.84 Å². The van der Waals surface area contributed by atoms with Crippen molar-refractivity contribution in [2.24, 2.45) is 16.3 Å². The molecule has 1 fully saturated rings. The standard InChI is InChI=1S/C15H21N3O2/c1-15(9-5-6-10-15)14(19)17-12(13(16)18-20)11-7-3-2-4-8-11/h2-4,7-8,12,20H,5-6,9-10H2,1H3,(H2,16,18)(H,17,19). The molecule has 0 radical (unpaired) electrons. The van der Waals surface area contributed by atoms with Crippen LogP contribution >= 0.6 is 0 Å². The minimum absolute atomic E-state index is 0.00820. The van der Waals surface area contributed by atoms with E-state index in [0.29, 0.717) is 0 Å². The Labute approximate surface area is 118 Å². The van der Waals surface area contributed by atoms with E-state index in [-0.39, 0.29) is 17.2 Å². The predicted molar refractivity (Wildman–Crippen MR) is 77.3 cm³/mol. The smallest absolute Gasteiger partial charge is 0.226 e. The fourth-order valence-electron chi connectivity index (χ4n) is 2.72. The first kappa shape index (κ1) is 14.4. The molecule has 0 heterocycles. The first-order chi connectivity index (χ1) is 9.57. The average molecular weight is 275 g/mol. The van der Waals surface area contributed by atoms with Crippen molar-refractivity contribution in [3.8, 4) is 0 Å². The Hall–Kier alpha value is -2.04. The molecule has 0 aliphatic heterocycles. The Morgan fingerprint density at radius 2 is 1.95 bits per heavy atom. The number of nitrogens with zero attached hydrogens (tertiary/aromatic N) is 1. The molecule has 5 heteroatoms. The molecule has 1 atom stereocenters. The van der Waals surface area contributed by atoms with Crippen LogP contribution in [0.3, 0.4) is 0 Å². The summed E-state index contributed by atoms with van der Waals surface area (Å²) in [5.74, 6) is -0.0402. The fourth-order valence-corrected chi connectivity index (χ4v) is 2.72. The van der Waals surface area contributed by atoms with Crippen molar-refractivity contribution in [2.45, 2.75) is 38.6 Å². The molecular weight excluding hydrogens is 254 g/mol. The van der Waals surface area contributed by atoms with E-state index in [1.165, 1.54) is 0 Å². The summed E-state index contributed by atoms with van der Waals surface area (Å²) in [6.07, 6.45) is 3.92. The van der Waals surface area contributed by atoms with Crippen LogP contribution < -0.4 is 11.1 Å². The van der Waals surface area contributed by atoms with Gasteiger partial charge < -0.3 is 16.3 Å². The minimum Gasteiger partial charge on any atom is -0.409 e. The normalized spacial score (nSPS) is 19.6. The molecular formula is C15H21N3O2. The largest absolute Gasteiger partial charge is 0.409 e. The highest BCUT2D eigenvalue weighted by molar-refractivity contribution is 5.92. The lowest BCUT2D eigenvalue weighted by molar-refractivity contribution is -0.130. The number of hydrogen-bond acceptors (Lipinski definition) is 3. The van der Waals surface area contributed by atoms with Gasteiger partial charge in [0.1, 0.15) is 6.04 Å². The van der Waals surface area contributed by atoms with Crippen LogP contribution in [-0.2, 0) is 4.79 Å². The first-order valence-corrected chi connectivity index (χ1v) is 6.90. The van der Waals surface area contributed by atoms with Gasteiger partial charge >= 0.3 is 0 Å². The maximum atomic E-state index is 12.5. The van der Waals surface area contributed by atoms with Gasteiger partial charge in [-0.05, 0) is 18.4 Å². The molecule has 0 bridgehead atoms. The van der Waals surface area contributed by atoms with E-state index in [1.54, 1.807) is 0 Å². The van der Waals surface area contributed by atoms with Crippen LogP contribution in [0.4, 0.5) is 0 Å². The zero-order chi connectivity index (χ0) is 14.6. The van der Waals surface area contributed by atoms with E-state index < -0.39 is 6.04 Å². The summed E-state index contributed by atoms with van der Waals surface area (Å²) in [5, 5.41) is 14.9. The summed E-state index contributed by atoms with van der Waals surface area (Å²) in [6, 6.07) is 8.70. The maximum Gasteiger partial charge on any atom is 0.226 e. The van der Waals surface area contributed by atoms with E-state index in [4.69, 9.17) is 10.9 Å². The Morgan fingerprint density at radius 3 is 2.50 bits per heavy atom. The molecule has 4 N–H and O–H groups in total. The van der Waals surface area contributed by atoms with Crippen molar-refractivity contribution >= 4 is 11.7 Å². The summed E-state index contributed by atoms with van der Waals surface area (Å²) >= 11 is 0. The third kappa shape index (κ3) is 2.92. The molecule has 0 saturated heterocycles. The molecule has 20 heavy (non-hydrogen) atoms. The van der Waals surface area contributed by atoms with E-state index in [2.05, 4.69) is 10.5 Å². The second-order valence-corrected chi connectivity index (χ2v) is 5.61. The first-order valence-electron chi connectivity index (χ1n) is 6.90. The van der Waals surface area contributed by atoms with Gasteiger partial charge in [-0.1, -0.05) is 55.3 Å². The van der Waals surface area contributed by atoms with Crippen molar-refractivity contribution < 1.29 is 10.0 Å². The molecule has 5 nitrogen and oxygen atoms in total. The van der Waals surface area contributed by atoms with Gasteiger partial charge in [0.05, 0.1) is 0 Å². The van der Waals surface area contributed by atoms with Crippen molar-refractivity contribution in [3.63, 3.8) is 0 Å². The van der Waals surface area contributed by atoms with Crippen LogP contribution in [0.25, 0.3) is 0 Å². The highest BCUT2D eigenvalue weighted by Gasteiger charge is 2.37. The lowest BCUT2D eigenvalue weighted by Crippen LogP contribution is -2.44. The van der Waals surface area contributed by atoms with Gasteiger partial charge in [-0.3, -0.25) is 4.79 Å². The molecule has 1 unspecified atom stereocenters. The van der Waals surface area contributed by atoms with Gasteiger partial charge in [-0.2, -0.15) is 0 Å². The second kappa shape index (κ2) is 5.94. The maximum absolute atomic E-state index is 12.5. The molecule has 108 valence electrons. The zero-order valence-corrected chi connectivity index (χ0v) is 11.7. The Bertz CT molecular complexity index is 493. The number of hydrogen-bond donors (Lipinski definition) is 3. The zero-order valence-electron chi connectivity index (χ0n) is 11.7.